The number of carbonyl (C=O) groups is 2. The maximum Gasteiger partial charge on any atom is 0.220 e. The van der Waals surface area contributed by atoms with E-state index in [0.29, 0.717) is 32.0 Å². The number of nitrogens with one attached hydrogen (secondary N) is 1. The Balaban J connectivity index is 1.42. The van der Waals surface area contributed by atoms with Crippen molar-refractivity contribution in [1.29, 1.82) is 0 Å². The van der Waals surface area contributed by atoms with E-state index in [1.165, 1.54) is 0 Å². The van der Waals surface area contributed by atoms with Crippen molar-refractivity contribution < 1.29 is 9.59 Å². The minimum Gasteiger partial charge on any atom is -0.354 e. The Morgan fingerprint density at radius 1 is 1.32 bits per heavy atom. The summed E-state index contributed by atoms with van der Waals surface area (Å²) in [4.78, 5) is 30.2. The van der Waals surface area contributed by atoms with Gasteiger partial charge in [-0.1, -0.05) is 12.2 Å². The van der Waals surface area contributed by atoms with Crippen LogP contribution in [0.3, 0.4) is 0 Å². The zero-order valence-electron chi connectivity index (χ0n) is 16.3. The molecular weight excluding hydrogens is 354 g/mol. The molecule has 1 N–H and O–H groups in total. The van der Waals surface area contributed by atoms with Gasteiger partial charge in [-0.25, -0.2) is 9.67 Å². The van der Waals surface area contributed by atoms with Gasteiger partial charge in [-0.05, 0) is 37.3 Å². The van der Waals surface area contributed by atoms with Crippen LogP contribution in [0.15, 0.2) is 30.5 Å². The van der Waals surface area contributed by atoms with Gasteiger partial charge in [-0.3, -0.25) is 9.59 Å². The monoisotopic (exact) mass is 381 g/mol. The van der Waals surface area contributed by atoms with Gasteiger partial charge in [-0.2, -0.15) is 5.10 Å². The smallest absolute Gasteiger partial charge is 0.220 e. The van der Waals surface area contributed by atoms with Gasteiger partial charge >= 0.3 is 0 Å². The van der Waals surface area contributed by atoms with Crippen LogP contribution >= 0.6 is 0 Å². The van der Waals surface area contributed by atoms with E-state index in [1.54, 1.807) is 13.1 Å². The Morgan fingerprint density at radius 3 is 2.96 bits per heavy atom. The zero-order valence-corrected chi connectivity index (χ0v) is 16.3. The van der Waals surface area contributed by atoms with Gasteiger partial charge in [0.15, 0.2) is 5.65 Å². The lowest BCUT2D eigenvalue weighted by Gasteiger charge is -2.13. The summed E-state index contributed by atoms with van der Waals surface area (Å²) >= 11 is 0. The molecular formula is C21H27N5O2. The first-order valence-electron chi connectivity index (χ1n) is 10.1. The second-order valence-corrected chi connectivity index (χ2v) is 7.75. The summed E-state index contributed by atoms with van der Waals surface area (Å²) in [5.41, 5.74) is 1.85. The fraction of sp³-hybridized carbons (Fsp3) is 0.524. The standard InChI is InChI=1S/C21H27N5O2/c1-15(27)25-11-8-17(14-25)20-18-7-4-9-23-21(18)26(24-20)12-10-22-19(28)13-16-5-2-3-6-16/h2,4-5,7,9,16-17H,3,6,8,10-14H2,1H3,(H,22,28)/t16-,17-/m1/s1. The minimum absolute atomic E-state index is 0.0917. The molecule has 148 valence electrons. The van der Waals surface area contributed by atoms with Crippen LogP contribution < -0.4 is 5.32 Å². The Morgan fingerprint density at radius 2 is 2.21 bits per heavy atom. The highest BCUT2D eigenvalue weighted by Gasteiger charge is 2.29. The van der Waals surface area contributed by atoms with Crippen molar-refractivity contribution in [2.45, 2.75) is 45.1 Å². The summed E-state index contributed by atoms with van der Waals surface area (Å²) in [5, 5.41) is 8.87. The fourth-order valence-corrected chi connectivity index (χ4v) is 4.24. The molecule has 0 unspecified atom stereocenters. The fourth-order valence-electron chi connectivity index (χ4n) is 4.24. The lowest BCUT2D eigenvalue weighted by Crippen LogP contribution is -2.28. The molecule has 7 nitrogen and oxygen atoms in total. The van der Waals surface area contributed by atoms with Crippen LogP contribution in [0.2, 0.25) is 0 Å². The average molecular weight is 381 g/mol. The molecule has 0 aromatic carbocycles. The lowest BCUT2D eigenvalue weighted by atomic mass is 10.0. The molecule has 3 heterocycles. The topological polar surface area (TPSA) is 80.1 Å². The number of hydrogen-bond acceptors (Lipinski definition) is 4. The number of allylic oxidation sites excluding steroid dienone is 2. The number of pyridine rings is 1. The summed E-state index contributed by atoms with van der Waals surface area (Å²) in [6, 6.07) is 3.97. The lowest BCUT2D eigenvalue weighted by molar-refractivity contribution is -0.127. The predicted octanol–water partition coefficient (Wildman–Crippen LogP) is 2.24. The number of fused-ring (bicyclic) bond motifs is 1. The first-order chi connectivity index (χ1) is 13.6. The van der Waals surface area contributed by atoms with Crippen LogP contribution in [0.4, 0.5) is 0 Å². The molecule has 0 radical (unpaired) electrons. The van der Waals surface area contributed by atoms with Crippen molar-refractivity contribution in [3.63, 3.8) is 0 Å². The van der Waals surface area contributed by atoms with Crippen LogP contribution in [0.25, 0.3) is 11.0 Å². The second-order valence-electron chi connectivity index (χ2n) is 7.75. The molecule has 1 aliphatic heterocycles. The number of likely N-dealkylation sites (tertiary alicyclic amines) is 1. The maximum absolute atomic E-state index is 12.1. The molecule has 0 bridgehead atoms. The van der Waals surface area contributed by atoms with E-state index in [0.717, 1.165) is 42.5 Å². The van der Waals surface area contributed by atoms with Crippen LogP contribution in [0.5, 0.6) is 0 Å². The number of aromatic nitrogens is 3. The number of rotatable bonds is 6. The predicted molar refractivity (Wildman–Crippen MR) is 107 cm³/mol. The summed E-state index contributed by atoms with van der Waals surface area (Å²) in [6.07, 6.45) is 9.69. The minimum atomic E-state index is 0.0917. The van der Waals surface area contributed by atoms with Crippen LogP contribution in [0.1, 0.15) is 44.2 Å². The van der Waals surface area contributed by atoms with E-state index in [1.807, 2.05) is 21.7 Å². The highest BCUT2D eigenvalue weighted by Crippen LogP contribution is 2.31. The van der Waals surface area contributed by atoms with E-state index < -0.39 is 0 Å². The van der Waals surface area contributed by atoms with Gasteiger partial charge in [-0.15, -0.1) is 0 Å². The summed E-state index contributed by atoms with van der Waals surface area (Å²) in [5.74, 6) is 0.823. The Hall–Kier alpha value is -2.70. The normalized spacial score (nSPS) is 21.5. The molecule has 1 fully saturated rings. The van der Waals surface area contributed by atoms with Gasteiger partial charge in [0, 0.05) is 50.5 Å². The molecule has 2 aliphatic rings. The molecule has 2 aromatic heterocycles. The third-order valence-electron chi connectivity index (χ3n) is 5.76. The number of hydrogen-bond donors (Lipinski definition) is 1. The van der Waals surface area contributed by atoms with Crippen LogP contribution in [-0.2, 0) is 16.1 Å². The van der Waals surface area contributed by atoms with Crippen molar-refractivity contribution in [3.8, 4) is 0 Å². The molecule has 4 rings (SSSR count). The third kappa shape index (κ3) is 3.93. The molecule has 2 atom stereocenters. The molecule has 0 saturated carbocycles. The first kappa shape index (κ1) is 18.7. The highest BCUT2D eigenvalue weighted by molar-refractivity contribution is 5.79. The van der Waals surface area contributed by atoms with Crippen molar-refractivity contribution in [3.05, 3.63) is 36.2 Å². The Bertz CT molecular complexity index is 903. The molecule has 0 spiro atoms. The zero-order chi connectivity index (χ0) is 19.5. The third-order valence-corrected chi connectivity index (χ3v) is 5.76. The quantitative estimate of drug-likeness (QED) is 0.778. The molecule has 2 aromatic rings. The molecule has 1 aliphatic carbocycles. The largest absolute Gasteiger partial charge is 0.354 e. The van der Waals surface area contributed by atoms with Crippen LogP contribution in [-0.4, -0.2) is 51.1 Å². The van der Waals surface area contributed by atoms with Crippen molar-refractivity contribution in [2.75, 3.05) is 19.6 Å². The van der Waals surface area contributed by atoms with E-state index in [9.17, 15) is 9.59 Å². The van der Waals surface area contributed by atoms with Crippen molar-refractivity contribution in [1.82, 2.24) is 25.0 Å². The van der Waals surface area contributed by atoms with E-state index >= 15 is 0 Å². The second kappa shape index (κ2) is 8.12. The average Bonchev–Trinajstić information content (AvgIpc) is 3.41. The maximum atomic E-state index is 12.1. The van der Waals surface area contributed by atoms with Gasteiger partial charge in [0.05, 0.1) is 12.2 Å². The van der Waals surface area contributed by atoms with Gasteiger partial charge in [0.2, 0.25) is 11.8 Å². The van der Waals surface area contributed by atoms with Gasteiger partial charge in [0.25, 0.3) is 0 Å². The van der Waals surface area contributed by atoms with Crippen molar-refractivity contribution in [2.24, 2.45) is 5.92 Å². The van der Waals surface area contributed by atoms with Crippen molar-refractivity contribution >= 4 is 22.8 Å². The van der Waals surface area contributed by atoms with Gasteiger partial charge in [0.1, 0.15) is 0 Å². The van der Waals surface area contributed by atoms with Crippen LogP contribution in [0, 0.1) is 5.92 Å². The van der Waals surface area contributed by atoms with E-state index in [4.69, 9.17) is 5.10 Å². The number of nitrogens with zero attached hydrogens (tertiary/aromatic N) is 4. The summed E-state index contributed by atoms with van der Waals surface area (Å²) < 4.78 is 1.89. The summed E-state index contributed by atoms with van der Waals surface area (Å²) in [6.45, 7) is 4.22. The van der Waals surface area contributed by atoms with E-state index in [-0.39, 0.29) is 17.7 Å². The number of carbonyl (C=O) groups excluding carboxylic acids is 2. The highest BCUT2D eigenvalue weighted by atomic mass is 16.2. The summed E-state index contributed by atoms with van der Waals surface area (Å²) in [7, 11) is 0. The molecule has 2 amide bonds. The Labute approximate surface area is 164 Å². The van der Waals surface area contributed by atoms with E-state index in [2.05, 4.69) is 22.5 Å². The van der Waals surface area contributed by atoms with Gasteiger partial charge < -0.3 is 10.2 Å². The first-order valence-corrected chi connectivity index (χ1v) is 10.1. The Kier molecular flexibility index (Phi) is 5.41. The SMILES string of the molecule is CC(=O)N1CC[C@@H](c2nn(CCNC(=O)C[C@@H]3C=CCC3)c3ncccc23)C1. The molecule has 7 heteroatoms. The molecule has 1 saturated heterocycles. The number of amides is 2. The molecule has 28 heavy (non-hydrogen) atoms.